The fraction of sp³-hybridized carbons (Fsp3) is 0.182. The van der Waals surface area contributed by atoms with E-state index in [1.54, 1.807) is 5.38 Å². The van der Waals surface area contributed by atoms with Gasteiger partial charge in [0, 0.05) is 11.4 Å². The van der Waals surface area contributed by atoms with Crippen LogP contribution in [0.3, 0.4) is 0 Å². The molecule has 0 saturated heterocycles. The number of nitrogens with zero attached hydrogens (tertiary/aromatic N) is 3. The lowest BCUT2D eigenvalue weighted by Gasteiger charge is -2.05. The topological polar surface area (TPSA) is 131 Å². The van der Waals surface area contributed by atoms with Crippen LogP contribution < -0.4 is 5.32 Å². The van der Waals surface area contributed by atoms with Gasteiger partial charge < -0.3 is 10.4 Å². The SMILES string of the molecule is O=[N+]([O-])c1ccc(NCc2nc(CO)cs2)c([N+](=O)[O-])c1. The van der Waals surface area contributed by atoms with Crippen molar-refractivity contribution in [3.63, 3.8) is 0 Å². The third-order valence-electron chi connectivity index (χ3n) is 2.58. The van der Waals surface area contributed by atoms with Gasteiger partial charge in [-0.1, -0.05) is 0 Å². The lowest BCUT2D eigenvalue weighted by atomic mass is 10.2. The Morgan fingerprint density at radius 2 is 2.05 bits per heavy atom. The highest BCUT2D eigenvalue weighted by Gasteiger charge is 2.19. The van der Waals surface area contributed by atoms with Crippen molar-refractivity contribution in [2.24, 2.45) is 0 Å². The zero-order chi connectivity index (χ0) is 15.4. The molecule has 1 heterocycles. The van der Waals surface area contributed by atoms with E-state index in [-0.39, 0.29) is 30.2 Å². The van der Waals surface area contributed by atoms with Crippen LogP contribution in [0.25, 0.3) is 0 Å². The number of nitro benzene ring substituents is 2. The molecular weight excluding hydrogens is 300 g/mol. The summed E-state index contributed by atoms with van der Waals surface area (Å²) >= 11 is 1.30. The van der Waals surface area contributed by atoms with Gasteiger partial charge in [0.05, 0.1) is 34.8 Å². The quantitative estimate of drug-likeness (QED) is 0.616. The predicted octanol–water partition coefficient (Wildman–Crippen LogP) is 2.06. The van der Waals surface area contributed by atoms with Crippen LogP contribution in [0.1, 0.15) is 10.7 Å². The average molecular weight is 310 g/mol. The van der Waals surface area contributed by atoms with Crippen LogP contribution in [-0.4, -0.2) is 19.9 Å². The van der Waals surface area contributed by atoms with Crippen molar-refractivity contribution in [3.05, 3.63) is 54.5 Å². The van der Waals surface area contributed by atoms with Crippen LogP contribution in [-0.2, 0) is 13.2 Å². The van der Waals surface area contributed by atoms with Crippen LogP contribution >= 0.6 is 11.3 Å². The van der Waals surface area contributed by atoms with E-state index < -0.39 is 9.85 Å². The van der Waals surface area contributed by atoms with Gasteiger partial charge in [-0.2, -0.15) is 0 Å². The Balaban J connectivity index is 2.19. The average Bonchev–Trinajstić information content (AvgIpc) is 2.92. The Hall–Kier alpha value is -2.59. The Bertz CT molecular complexity index is 687. The van der Waals surface area contributed by atoms with Crippen LogP contribution in [0.5, 0.6) is 0 Å². The molecule has 0 spiro atoms. The van der Waals surface area contributed by atoms with Crippen molar-refractivity contribution >= 4 is 28.4 Å². The molecular formula is C11H10N4O5S. The molecule has 2 aromatic rings. The summed E-state index contributed by atoms with van der Waals surface area (Å²) in [5.74, 6) is 0. The van der Waals surface area contributed by atoms with E-state index in [0.29, 0.717) is 10.7 Å². The first-order valence-electron chi connectivity index (χ1n) is 5.72. The van der Waals surface area contributed by atoms with Crippen molar-refractivity contribution in [3.8, 4) is 0 Å². The number of aromatic nitrogens is 1. The second-order valence-corrected chi connectivity index (χ2v) is 4.90. The molecule has 0 aliphatic rings. The van der Waals surface area contributed by atoms with E-state index in [4.69, 9.17) is 5.11 Å². The molecule has 0 fully saturated rings. The Morgan fingerprint density at radius 3 is 2.62 bits per heavy atom. The molecule has 0 bridgehead atoms. The predicted molar refractivity (Wildman–Crippen MR) is 75.1 cm³/mol. The maximum atomic E-state index is 11.0. The zero-order valence-electron chi connectivity index (χ0n) is 10.6. The number of anilines is 1. The van der Waals surface area contributed by atoms with Crippen LogP contribution in [0, 0.1) is 20.2 Å². The number of benzene rings is 1. The second-order valence-electron chi connectivity index (χ2n) is 3.96. The largest absolute Gasteiger partial charge is 0.390 e. The number of rotatable bonds is 6. The standard InChI is InChI=1S/C11H10N4O5S/c16-5-7-6-21-11(13-7)4-12-9-2-1-8(14(17)18)3-10(9)15(19)20/h1-3,6,12,16H,4-5H2. The summed E-state index contributed by atoms with van der Waals surface area (Å²) in [5, 5.41) is 35.6. The lowest BCUT2D eigenvalue weighted by molar-refractivity contribution is -0.393. The Morgan fingerprint density at radius 1 is 1.29 bits per heavy atom. The highest BCUT2D eigenvalue weighted by molar-refractivity contribution is 7.09. The third-order valence-corrected chi connectivity index (χ3v) is 3.48. The summed E-state index contributed by atoms with van der Waals surface area (Å²) in [4.78, 5) is 24.3. The van der Waals surface area contributed by atoms with Gasteiger partial charge in [-0.25, -0.2) is 4.98 Å². The van der Waals surface area contributed by atoms with Gasteiger partial charge in [0.25, 0.3) is 11.4 Å². The molecule has 0 aliphatic carbocycles. The lowest BCUT2D eigenvalue weighted by Crippen LogP contribution is -2.03. The molecule has 0 saturated carbocycles. The fourth-order valence-corrected chi connectivity index (χ4v) is 2.33. The Labute approximate surface area is 122 Å². The second kappa shape index (κ2) is 6.24. The Kier molecular flexibility index (Phi) is 4.40. The van der Waals surface area contributed by atoms with Gasteiger partial charge in [0.1, 0.15) is 10.7 Å². The minimum atomic E-state index is -0.689. The molecule has 10 heteroatoms. The first kappa shape index (κ1) is 14.8. The minimum absolute atomic E-state index is 0.172. The molecule has 2 N–H and O–H groups in total. The number of aliphatic hydroxyl groups is 1. The van der Waals surface area contributed by atoms with E-state index in [2.05, 4.69) is 10.3 Å². The summed E-state index contributed by atoms with van der Waals surface area (Å²) in [7, 11) is 0. The van der Waals surface area contributed by atoms with Gasteiger partial charge in [0.15, 0.2) is 0 Å². The molecule has 9 nitrogen and oxygen atoms in total. The van der Waals surface area contributed by atoms with E-state index in [9.17, 15) is 20.2 Å². The minimum Gasteiger partial charge on any atom is -0.390 e. The summed E-state index contributed by atoms with van der Waals surface area (Å²) < 4.78 is 0. The normalized spacial score (nSPS) is 10.3. The van der Waals surface area contributed by atoms with Gasteiger partial charge in [-0.3, -0.25) is 20.2 Å². The fourth-order valence-electron chi connectivity index (χ4n) is 1.61. The van der Waals surface area contributed by atoms with Gasteiger partial charge >= 0.3 is 0 Å². The van der Waals surface area contributed by atoms with Crippen LogP contribution in [0.2, 0.25) is 0 Å². The van der Waals surface area contributed by atoms with E-state index in [1.165, 1.54) is 23.5 Å². The summed E-state index contributed by atoms with van der Waals surface area (Å²) in [5.41, 5.74) is -0.0199. The number of nitrogens with one attached hydrogen (secondary N) is 1. The molecule has 0 unspecified atom stereocenters. The molecule has 2 rings (SSSR count). The van der Waals surface area contributed by atoms with Crippen molar-refractivity contribution in [1.29, 1.82) is 0 Å². The first-order valence-corrected chi connectivity index (χ1v) is 6.60. The molecule has 1 aromatic heterocycles. The van der Waals surface area contributed by atoms with Crippen molar-refractivity contribution in [2.75, 3.05) is 5.32 Å². The molecule has 0 amide bonds. The summed E-state index contributed by atoms with van der Waals surface area (Å²) in [6.45, 7) is 0.0531. The van der Waals surface area contributed by atoms with Crippen LogP contribution in [0.4, 0.5) is 17.1 Å². The number of non-ortho nitro benzene ring substituents is 1. The maximum Gasteiger partial charge on any atom is 0.299 e. The molecule has 1 aromatic carbocycles. The molecule has 0 atom stereocenters. The molecule has 0 aliphatic heterocycles. The summed E-state index contributed by atoms with van der Waals surface area (Å²) in [6.07, 6.45) is 0. The maximum absolute atomic E-state index is 11.0. The number of hydrogen-bond donors (Lipinski definition) is 2. The number of nitro groups is 2. The van der Waals surface area contributed by atoms with Crippen molar-refractivity contribution < 1.29 is 15.0 Å². The smallest absolute Gasteiger partial charge is 0.299 e. The molecule has 110 valence electrons. The van der Waals surface area contributed by atoms with Crippen molar-refractivity contribution in [1.82, 2.24) is 4.98 Å². The monoisotopic (exact) mass is 310 g/mol. The highest BCUT2D eigenvalue weighted by atomic mass is 32.1. The molecule has 21 heavy (non-hydrogen) atoms. The van der Waals surface area contributed by atoms with Gasteiger partial charge in [0.2, 0.25) is 0 Å². The summed E-state index contributed by atoms with van der Waals surface area (Å²) in [6, 6.07) is 3.39. The van der Waals surface area contributed by atoms with Crippen LogP contribution in [0.15, 0.2) is 23.6 Å². The van der Waals surface area contributed by atoms with Crippen molar-refractivity contribution in [2.45, 2.75) is 13.2 Å². The van der Waals surface area contributed by atoms with E-state index in [0.717, 1.165) is 6.07 Å². The molecule has 0 radical (unpaired) electrons. The van der Waals surface area contributed by atoms with Gasteiger partial charge in [-0.15, -0.1) is 11.3 Å². The third kappa shape index (κ3) is 3.49. The highest BCUT2D eigenvalue weighted by Crippen LogP contribution is 2.29. The zero-order valence-corrected chi connectivity index (χ0v) is 11.4. The number of thiazole rings is 1. The number of hydrogen-bond acceptors (Lipinski definition) is 8. The number of aliphatic hydroxyl groups excluding tert-OH is 1. The van der Waals surface area contributed by atoms with E-state index >= 15 is 0 Å². The first-order chi connectivity index (χ1) is 10.0. The van der Waals surface area contributed by atoms with E-state index in [1.807, 2.05) is 0 Å². The van der Waals surface area contributed by atoms with Gasteiger partial charge in [-0.05, 0) is 6.07 Å².